The minimum Gasteiger partial charge on any atom is -0.741 e. The van der Waals surface area contributed by atoms with Gasteiger partial charge in [-0.2, -0.15) is 26.3 Å². The van der Waals surface area contributed by atoms with Crippen molar-refractivity contribution in [2.45, 2.75) is 37.2 Å². The van der Waals surface area contributed by atoms with Crippen molar-refractivity contribution in [1.29, 1.82) is 0 Å². The van der Waals surface area contributed by atoms with E-state index in [4.69, 9.17) is 25.9 Å². The number of nitrogens with one attached hydrogen (secondary N) is 1. The first-order valence-corrected chi connectivity index (χ1v) is 17.5. The summed E-state index contributed by atoms with van der Waals surface area (Å²) in [6.07, 6.45) is 5.48. The van der Waals surface area contributed by atoms with Crippen LogP contribution in [0.5, 0.6) is 0 Å². The van der Waals surface area contributed by atoms with Crippen LogP contribution in [0.25, 0.3) is 0 Å². The van der Waals surface area contributed by atoms with Gasteiger partial charge in [-0.15, -0.1) is 0 Å². The summed E-state index contributed by atoms with van der Waals surface area (Å²) in [4.78, 5) is 15.4. The fourth-order valence-corrected chi connectivity index (χ4v) is 3.69. The van der Waals surface area contributed by atoms with Gasteiger partial charge in [0.05, 0.1) is 30.2 Å². The predicted molar refractivity (Wildman–Crippen MR) is 178 cm³/mol. The summed E-state index contributed by atoms with van der Waals surface area (Å²) in [5.74, 6) is 0. The van der Waals surface area contributed by atoms with Gasteiger partial charge in [-0.25, -0.2) is 16.8 Å². The number of alkyl halides is 6. The second kappa shape index (κ2) is 22.6. The van der Waals surface area contributed by atoms with E-state index in [1.54, 1.807) is 0 Å². The quantitative estimate of drug-likeness (QED) is 0.0782. The Labute approximate surface area is 313 Å². The number of para-hydroxylation sites is 1. The van der Waals surface area contributed by atoms with Crippen molar-refractivity contribution in [3.8, 4) is 0 Å². The molecule has 0 aliphatic rings. The van der Waals surface area contributed by atoms with Gasteiger partial charge < -0.3 is 19.3 Å². The Morgan fingerprint density at radius 3 is 1.21 bits per heavy atom. The molecule has 0 aliphatic heterocycles. The molecule has 20 heteroatoms. The van der Waals surface area contributed by atoms with Gasteiger partial charge in [0.25, 0.3) is 0 Å². The van der Waals surface area contributed by atoms with Gasteiger partial charge >= 0.3 is 28.1 Å². The van der Waals surface area contributed by atoms with Crippen LogP contribution in [0.15, 0.2) is 134 Å². The third-order valence-electron chi connectivity index (χ3n) is 6.05. The van der Waals surface area contributed by atoms with Crippen molar-refractivity contribution in [2.24, 2.45) is 0 Å². The third kappa shape index (κ3) is 19.3. The molecule has 3 heterocycles. The Hall–Kier alpha value is -4.43. The minimum absolute atomic E-state index is 0. The normalized spacial score (nSPS) is 11.2. The van der Waals surface area contributed by atoms with E-state index in [-0.39, 0.29) is 17.1 Å². The first-order valence-electron chi connectivity index (χ1n) is 14.7. The molecule has 5 rings (SSSR count). The first kappa shape index (κ1) is 46.6. The molecular weight excluding hydrogens is 804 g/mol. The molecule has 0 spiro atoms. The Bertz CT molecular complexity index is 1820. The van der Waals surface area contributed by atoms with E-state index >= 15 is 0 Å². The molecule has 11 nitrogen and oxygen atoms in total. The summed E-state index contributed by atoms with van der Waals surface area (Å²) in [7, 11) is -12.2. The van der Waals surface area contributed by atoms with E-state index in [1.165, 1.54) is 11.3 Å². The number of pyridine rings is 3. The SMILES string of the molecule is O=S(=O)([O-])C(F)(F)F.O=S(=O)([O-])C(F)(F)F.[Cu+2].c1ccc(CNCc2ccccn2)cc1.c1ccc(N(Cc2ccccn2)Cc2ccccn2)cc1. The van der Waals surface area contributed by atoms with Gasteiger partial charge in [-0.3, -0.25) is 15.0 Å². The van der Waals surface area contributed by atoms with E-state index in [0.29, 0.717) is 0 Å². The largest absolute Gasteiger partial charge is 2.00 e. The molecule has 0 saturated heterocycles. The van der Waals surface area contributed by atoms with Gasteiger partial charge in [-0.1, -0.05) is 66.7 Å². The number of hydrogen-bond acceptors (Lipinski definition) is 11. The zero-order valence-electron chi connectivity index (χ0n) is 27.2. The number of aromatic nitrogens is 3. The van der Waals surface area contributed by atoms with Crippen LogP contribution >= 0.6 is 0 Å². The molecule has 0 fully saturated rings. The van der Waals surface area contributed by atoms with Crippen molar-refractivity contribution in [1.82, 2.24) is 20.3 Å². The average Bonchev–Trinajstić information content (AvgIpc) is 3.09. The summed E-state index contributed by atoms with van der Waals surface area (Å²) in [5.41, 5.74) is -5.63. The Balaban J connectivity index is 0.000000384. The van der Waals surface area contributed by atoms with Crippen LogP contribution < -0.4 is 10.2 Å². The second-order valence-corrected chi connectivity index (χ2v) is 12.8. The maximum absolute atomic E-state index is 10.7. The molecular formula is C33H31CuF6N5O6S2. The summed E-state index contributed by atoms with van der Waals surface area (Å²) in [5, 5.41) is 3.36. The minimum atomic E-state index is -6.09. The van der Waals surface area contributed by atoms with E-state index in [0.717, 1.165) is 43.3 Å². The van der Waals surface area contributed by atoms with Crippen LogP contribution in [-0.4, -0.2) is 51.9 Å². The maximum Gasteiger partial charge on any atom is 2.00 e. The van der Waals surface area contributed by atoms with E-state index in [2.05, 4.69) is 73.7 Å². The molecule has 53 heavy (non-hydrogen) atoms. The first-order chi connectivity index (χ1) is 24.4. The predicted octanol–water partition coefficient (Wildman–Crippen LogP) is 6.16. The van der Waals surface area contributed by atoms with Crippen LogP contribution in [0.4, 0.5) is 32.0 Å². The van der Waals surface area contributed by atoms with Gasteiger partial charge in [0, 0.05) is 37.4 Å². The van der Waals surface area contributed by atoms with Crippen LogP contribution in [0.1, 0.15) is 22.6 Å². The van der Waals surface area contributed by atoms with Crippen LogP contribution in [0, 0.1) is 0 Å². The number of hydrogen-bond donors (Lipinski definition) is 1. The molecule has 5 aromatic rings. The molecule has 2 aromatic carbocycles. The summed E-state index contributed by atoms with van der Waals surface area (Å²) in [6.45, 7) is 3.23. The fraction of sp³-hybridized carbons (Fsp3) is 0.182. The second-order valence-electron chi connectivity index (χ2n) is 10.0. The topological polar surface area (TPSA) is 168 Å². The molecule has 289 valence electrons. The van der Waals surface area contributed by atoms with Crippen LogP contribution in [0.2, 0.25) is 0 Å². The molecule has 0 amide bonds. The zero-order chi connectivity index (χ0) is 38.7. The molecule has 0 aliphatic carbocycles. The van der Waals surface area contributed by atoms with E-state index in [9.17, 15) is 26.3 Å². The summed E-state index contributed by atoms with van der Waals surface area (Å²) < 4.78 is 118. The zero-order valence-corrected chi connectivity index (χ0v) is 29.7. The van der Waals surface area contributed by atoms with Crippen molar-refractivity contribution in [2.75, 3.05) is 4.90 Å². The number of benzene rings is 2. The maximum atomic E-state index is 10.7. The molecule has 3 aromatic heterocycles. The van der Waals surface area contributed by atoms with Gasteiger partial charge in [0.2, 0.25) is 0 Å². The van der Waals surface area contributed by atoms with Crippen LogP contribution in [0.3, 0.4) is 0 Å². The third-order valence-corrected chi connectivity index (χ3v) is 7.18. The molecule has 1 radical (unpaired) electrons. The Morgan fingerprint density at radius 2 is 0.868 bits per heavy atom. The average molecular weight is 835 g/mol. The van der Waals surface area contributed by atoms with Crippen molar-refractivity contribution >= 4 is 25.9 Å². The molecule has 0 unspecified atom stereocenters. The molecule has 0 atom stereocenters. The summed E-state index contributed by atoms with van der Waals surface area (Å²) in [6, 6.07) is 38.7. The van der Waals surface area contributed by atoms with Crippen molar-refractivity contribution in [3.05, 3.63) is 156 Å². The Morgan fingerprint density at radius 1 is 0.528 bits per heavy atom. The summed E-state index contributed by atoms with van der Waals surface area (Å²) >= 11 is 0. The number of halogens is 6. The van der Waals surface area contributed by atoms with E-state index < -0.39 is 31.3 Å². The van der Waals surface area contributed by atoms with Gasteiger partial charge in [-0.05, 0) is 54.1 Å². The standard InChI is InChI=1S/C18H17N3.C13H14N2.2CHF3O3S.Cu/c1-2-10-18(11-3-1)21(14-16-8-4-6-12-19-16)15-17-9-5-7-13-20-17;1-2-6-12(7-3-1)10-14-11-13-8-4-5-9-15-13;2*2-1(3,4)8(5,6)7;/h1-13H,14-15H2;1-9,14H,10-11H2;2*(H,5,6,7);/q;;;;+2/p-2. The van der Waals surface area contributed by atoms with Gasteiger partial charge in [0.1, 0.15) is 0 Å². The van der Waals surface area contributed by atoms with Crippen LogP contribution in [-0.2, 0) is 63.5 Å². The molecule has 1 N–H and O–H groups in total. The number of anilines is 1. The van der Waals surface area contributed by atoms with Crippen molar-refractivity contribution < 1.29 is 69.4 Å². The molecule has 0 saturated carbocycles. The van der Waals surface area contributed by atoms with Gasteiger partial charge in [0.15, 0.2) is 20.2 Å². The monoisotopic (exact) mass is 834 g/mol. The molecule has 0 bridgehead atoms. The smallest absolute Gasteiger partial charge is 0.741 e. The van der Waals surface area contributed by atoms with Crippen molar-refractivity contribution in [3.63, 3.8) is 0 Å². The Kier molecular flexibility index (Phi) is 19.9. The number of rotatable bonds is 9. The van der Waals surface area contributed by atoms with E-state index in [1.807, 2.05) is 85.3 Å². The number of nitrogens with zero attached hydrogens (tertiary/aromatic N) is 4. The fourth-order valence-electron chi connectivity index (χ4n) is 3.69.